The molecule has 7 heteroatoms. The Bertz CT molecular complexity index is 1000. The highest BCUT2D eigenvalue weighted by atomic mass is 19.4. The number of ether oxygens (including phenoxy) is 3. The number of hydrogen-bond donors (Lipinski definition) is 0. The first kappa shape index (κ1) is 23.6. The van der Waals surface area contributed by atoms with Crippen LogP contribution in [-0.2, 0) is 16.8 Å². The van der Waals surface area contributed by atoms with Gasteiger partial charge in [-0.2, -0.15) is 13.2 Å². The molecule has 0 amide bonds. The van der Waals surface area contributed by atoms with Crippen LogP contribution < -0.4 is 9.47 Å². The van der Waals surface area contributed by atoms with Crippen molar-refractivity contribution in [3.8, 4) is 17.2 Å². The van der Waals surface area contributed by atoms with Crippen molar-refractivity contribution >= 4 is 0 Å². The zero-order chi connectivity index (χ0) is 23.2. The molecule has 0 radical (unpaired) electrons. The Morgan fingerprint density at radius 2 is 1.47 bits per heavy atom. The Hall–Kier alpha value is -3.06. The largest absolute Gasteiger partial charge is 0.484 e. The van der Waals surface area contributed by atoms with Crippen molar-refractivity contribution < 1.29 is 31.8 Å². The van der Waals surface area contributed by atoms with Crippen molar-refractivity contribution in [3.05, 3.63) is 89.7 Å². The van der Waals surface area contributed by atoms with E-state index in [0.29, 0.717) is 12.4 Å². The normalized spacial score (nSPS) is 11.9. The Morgan fingerprint density at radius 3 is 2.12 bits per heavy atom. The second kappa shape index (κ2) is 10.0. The van der Waals surface area contributed by atoms with Gasteiger partial charge in [0.25, 0.3) is 0 Å². The molecule has 0 saturated heterocycles. The van der Waals surface area contributed by atoms with E-state index < -0.39 is 24.0 Å². The lowest BCUT2D eigenvalue weighted by atomic mass is 9.85. The monoisotopic (exact) mass is 448 g/mol. The molecule has 32 heavy (non-hydrogen) atoms. The van der Waals surface area contributed by atoms with E-state index in [-0.39, 0.29) is 18.1 Å². The van der Waals surface area contributed by atoms with E-state index in [1.54, 1.807) is 48.5 Å². The van der Waals surface area contributed by atoms with E-state index in [1.165, 1.54) is 18.2 Å². The van der Waals surface area contributed by atoms with Crippen LogP contribution in [0.2, 0.25) is 0 Å². The molecule has 0 aliphatic heterocycles. The molecule has 0 aliphatic carbocycles. The van der Waals surface area contributed by atoms with Crippen molar-refractivity contribution in [2.45, 2.75) is 32.0 Å². The summed E-state index contributed by atoms with van der Waals surface area (Å²) in [7, 11) is 0. The molecule has 3 aromatic rings. The number of rotatable bonds is 9. The van der Waals surface area contributed by atoms with Gasteiger partial charge in [0.1, 0.15) is 11.5 Å². The minimum Gasteiger partial charge on any atom is -0.484 e. The third-order valence-electron chi connectivity index (χ3n) is 4.74. The van der Waals surface area contributed by atoms with Crippen LogP contribution in [0.25, 0.3) is 0 Å². The van der Waals surface area contributed by atoms with Crippen LogP contribution >= 0.6 is 0 Å². The van der Waals surface area contributed by atoms with E-state index in [4.69, 9.17) is 14.2 Å². The van der Waals surface area contributed by atoms with E-state index in [1.807, 2.05) is 19.9 Å². The summed E-state index contributed by atoms with van der Waals surface area (Å²) >= 11 is 0. The maximum absolute atomic E-state index is 14.1. The highest BCUT2D eigenvalue weighted by molar-refractivity contribution is 5.35. The quantitative estimate of drug-likeness (QED) is 0.328. The molecule has 0 aromatic heterocycles. The smallest absolute Gasteiger partial charge is 0.422 e. The number of benzene rings is 3. The third-order valence-corrected chi connectivity index (χ3v) is 4.74. The first-order chi connectivity index (χ1) is 15.1. The van der Waals surface area contributed by atoms with Crippen LogP contribution in [-0.4, -0.2) is 19.4 Å². The van der Waals surface area contributed by atoms with Gasteiger partial charge in [-0.1, -0.05) is 50.2 Å². The summed E-state index contributed by atoms with van der Waals surface area (Å²) in [5.41, 5.74) is 1.25. The lowest BCUT2D eigenvalue weighted by molar-refractivity contribution is -0.153. The lowest BCUT2D eigenvalue weighted by Gasteiger charge is -2.25. The van der Waals surface area contributed by atoms with Crippen LogP contribution in [0, 0.1) is 5.82 Å². The van der Waals surface area contributed by atoms with Crippen molar-refractivity contribution in [1.29, 1.82) is 0 Å². The maximum Gasteiger partial charge on any atom is 0.422 e. The molecule has 3 aromatic carbocycles. The van der Waals surface area contributed by atoms with E-state index in [2.05, 4.69) is 0 Å². The van der Waals surface area contributed by atoms with Crippen LogP contribution in [0.3, 0.4) is 0 Å². The van der Waals surface area contributed by atoms with Gasteiger partial charge in [0.15, 0.2) is 18.2 Å². The minimum absolute atomic E-state index is 0.117. The Morgan fingerprint density at radius 1 is 0.781 bits per heavy atom. The topological polar surface area (TPSA) is 27.7 Å². The highest BCUT2D eigenvalue weighted by Gasteiger charge is 2.28. The maximum atomic E-state index is 14.1. The molecule has 3 nitrogen and oxygen atoms in total. The second-order valence-electron chi connectivity index (χ2n) is 7.98. The van der Waals surface area contributed by atoms with Crippen molar-refractivity contribution in [1.82, 2.24) is 0 Å². The van der Waals surface area contributed by atoms with Crippen LogP contribution in [0.5, 0.6) is 17.2 Å². The van der Waals surface area contributed by atoms with E-state index in [9.17, 15) is 17.6 Å². The summed E-state index contributed by atoms with van der Waals surface area (Å²) in [5.74, 6) is 0.338. The fourth-order valence-electron chi connectivity index (χ4n) is 3.01. The van der Waals surface area contributed by atoms with Gasteiger partial charge in [-0.05, 0) is 47.5 Å². The molecule has 3 rings (SSSR count). The van der Waals surface area contributed by atoms with Gasteiger partial charge in [0, 0.05) is 5.41 Å². The summed E-state index contributed by atoms with van der Waals surface area (Å²) in [6.07, 6.45) is -4.38. The lowest BCUT2D eigenvalue weighted by Crippen LogP contribution is -2.24. The Kier molecular flexibility index (Phi) is 7.40. The van der Waals surface area contributed by atoms with Crippen LogP contribution in [0.4, 0.5) is 17.6 Å². The van der Waals surface area contributed by atoms with Gasteiger partial charge in [-0.3, -0.25) is 0 Å². The molecular weight excluding hydrogens is 424 g/mol. The van der Waals surface area contributed by atoms with Crippen molar-refractivity contribution in [2.24, 2.45) is 0 Å². The van der Waals surface area contributed by atoms with Crippen molar-refractivity contribution in [2.75, 3.05) is 13.2 Å². The number of para-hydroxylation sites is 1. The first-order valence-electron chi connectivity index (χ1n) is 10.0. The summed E-state index contributed by atoms with van der Waals surface area (Å²) in [5, 5.41) is 0. The molecule has 0 saturated carbocycles. The molecule has 0 fully saturated rings. The van der Waals surface area contributed by atoms with Gasteiger partial charge in [-0.25, -0.2) is 4.39 Å². The fourth-order valence-corrected chi connectivity index (χ4v) is 3.01. The van der Waals surface area contributed by atoms with E-state index in [0.717, 1.165) is 11.1 Å². The summed E-state index contributed by atoms with van der Waals surface area (Å²) in [6, 6.07) is 20.0. The number of hydrogen-bond acceptors (Lipinski definition) is 3. The van der Waals surface area contributed by atoms with Gasteiger partial charge >= 0.3 is 6.18 Å². The van der Waals surface area contributed by atoms with Gasteiger partial charge in [0.05, 0.1) is 13.2 Å². The third kappa shape index (κ3) is 6.99. The van der Waals surface area contributed by atoms with Gasteiger partial charge < -0.3 is 14.2 Å². The fraction of sp³-hybridized carbons (Fsp3) is 0.280. The molecular formula is C25H24F4O3. The molecule has 0 bridgehead atoms. The van der Waals surface area contributed by atoms with E-state index >= 15 is 0 Å². The number of alkyl halides is 3. The Labute approximate surface area is 184 Å². The molecule has 0 N–H and O–H groups in total. The zero-order valence-electron chi connectivity index (χ0n) is 17.8. The molecule has 0 unspecified atom stereocenters. The summed E-state index contributed by atoms with van der Waals surface area (Å²) < 4.78 is 67.1. The SMILES string of the molecule is CC(C)(COCc1ccc(F)c(Oc2ccccc2)c1)c1ccc(OCC(F)(F)F)cc1. The average Bonchev–Trinajstić information content (AvgIpc) is 2.75. The molecule has 0 atom stereocenters. The standard InChI is InChI=1S/C25H24F4O3/c1-24(2,19-9-11-20(12-10-19)31-17-25(27,28)29)16-30-15-18-8-13-22(26)23(14-18)32-21-6-4-3-5-7-21/h3-14H,15-17H2,1-2H3. The van der Waals surface area contributed by atoms with Gasteiger partial charge in [-0.15, -0.1) is 0 Å². The average molecular weight is 448 g/mol. The molecule has 0 heterocycles. The predicted octanol–water partition coefficient (Wildman–Crippen LogP) is 7.05. The predicted molar refractivity (Wildman–Crippen MR) is 114 cm³/mol. The summed E-state index contributed by atoms with van der Waals surface area (Å²) in [4.78, 5) is 0. The van der Waals surface area contributed by atoms with Crippen LogP contribution in [0.15, 0.2) is 72.8 Å². The molecule has 0 aliphatic rings. The van der Waals surface area contributed by atoms with Crippen molar-refractivity contribution in [3.63, 3.8) is 0 Å². The molecule has 0 spiro atoms. The van der Waals surface area contributed by atoms with Crippen LogP contribution in [0.1, 0.15) is 25.0 Å². The highest BCUT2D eigenvalue weighted by Crippen LogP contribution is 2.28. The Balaban J connectivity index is 1.56. The van der Waals surface area contributed by atoms with Gasteiger partial charge in [0.2, 0.25) is 0 Å². The molecule has 170 valence electrons. The summed E-state index contributed by atoms with van der Waals surface area (Å²) in [6.45, 7) is 3.20. The zero-order valence-corrected chi connectivity index (χ0v) is 17.8. The number of halogens is 4. The first-order valence-corrected chi connectivity index (χ1v) is 10.0. The minimum atomic E-state index is -4.38. The second-order valence-corrected chi connectivity index (χ2v) is 7.98.